The molecule has 0 saturated heterocycles. The van der Waals surface area contributed by atoms with Gasteiger partial charge in [-0.15, -0.1) is 0 Å². The summed E-state index contributed by atoms with van der Waals surface area (Å²) in [7, 11) is 2.16. The van der Waals surface area contributed by atoms with Gasteiger partial charge >= 0.3 is 0 Å². The smallest absolute Gasteiger partial charge is 0.220 e. The van der Waals surface area contributed by atoms with Crippen molar-refractivity contribution in [2.45, 2.75) is 33.6 Å². The first-order chi connectivity index (χ1) is 13.5. The van der Waals surface area contributed by atoms with Crippen LogP contribution in [-0.4, -0.2) is 4.98 Å². The molecule has 0 aliphatic carbocycles. The summed E-state index contributed by atoms with van der Waals surface area (Å²) in [6.45, 7) is 8.88. The average molecular weight is 368 g/mol. The van der Waals surface area contributed by atoms with Crippen molar-refractivity contribution < 1.29 is 4.57 Å². The maximum absolute atomic E-state index is 4.29. The van der Waals surface area contributed by atoms with E-state index in [1.54, 1.807) is 0 Å². The van der Waals surface area contributed by atoms with E-state index in [-0.39, 0.29) is 0 Å². The highest BCUT2D eigenvalue weighted by Gasteiger charge is 2.20. The molecule has 0 unspecified atom stereocenters. The van der Waals surface area contributed by atoms with Crippen LogP contribution in [0, 0.1) is 13.8 Å². The molecule has 0 saturated carbocycles. The molecule has 0 N–H and O–H groups in total. The standard InChI is InChI=1S/C26H27N2/c1-17(2)20-10-11-24-23(14-20)13-19(4)28(5)26(24)25-15-21(9-8-18(25)3)22-7-6-12-27-16-22/h6-17H,1-5H3/q+1. The van der Waals surface area contributed by atoms with E-state index in [1.165, 1.54) is 44.4 Å². The van der Waals surface area contributed by atoms with Crippen molar-refractivity contribution >= 4 is 10.8 Å². The molecule has 0 amide bonds. The van der Waals surface area contributed by atoms with Crippen LogP contribution in [0.2, 0.25) is 0 Å². The average Bonchev–Trinajstić information content (AvgIpc) is 2.70. The second-order valence-corrected chi connectivity index (χ2v) is 7.97. The molecule has 0 radical (unpaired) electrons. The minimum absolute atomic E-state index is 0.526. The zero-order valence-corrected chi connectivity index (χ0v) is 17.3. The lowest BCUT2D eigenvalue weighted by Gasteiger charge is -2.13. The number of fused-ring (bicyclic) bond motifs is 1. The first kappa shape index (κ1) is 18.4. The van der Waals surface area contributed by atoms with E-state index >= 15 is 0 Å². The van der Waals surface area contributed by atoms with Gasteiger partial charge in [-0.25, -0.2) is 0 Å². The Balaban J connectivity index is 2.00. The molecule has 2 aromatic heterocycles. The number of nitrogens with zero attached hydrogens (tertiary/aromatic N) is 2. The van der Waals surface area contributed by atoms with Crippen molar-refractivity contribution in [2.75, 3.05) is 0 Å². The van der Waals surface area contributed by atoms with Crippen LogP contribution in [0.5, 0.6) is 0 Å². The molecule has 28 heavy (non-hydrogen) atoms. The van der Waals surface area contributed by atoms with E-state index < -0.39 is 0 Å². The van der Waals surface area contributed by atoms with E-state index in [9.17, 15) is 0 Å². The molecule has 0 bridgehead atoms. The predicted octanol–water partition coefficient (Wildman–Crippen LogP) is 6.13. The summed E-state index contributed by atoms with van der Waals surface area (Å²) < 4.78 is 2.31. The minimum atomic E-state index is 0.526. The molecule has 0 aliphatic rings. The summed E-state index contributed by atoms with van der Waals surface area (Å²) in [5, 5.41) is 2.60. The van der Waals surface area contributed by atoms with Gasteiger partial charge in [0.05, 0.1) is 10.9 Å². The van der Waals surface area contributed by atoms with Gasteiger partial charge in [0.2, 0.25) is 5.69 Å². The fourth-order valence-corrected chi connectivity index (χ4v) is 3.87. The summed E-state index contributed by atoms with van der Waals surface area (Å²) >= 11 is 0. The Labute approximate surface area is 167 Å². The van der Waals surface area contributed by atoms with Crippen LogP contribution in [-0.2, 0) is 7.05 Å². The molecular formula is C26H27N2+. The molecule has 140 valence electrons. The molecule has 2 heterocycles. The summed E-state index contributed by atoms with van der Waals surface area (Å²) in [5.74, 6) is 0.526. The minimum Gasteiger partial charge on any atom is -0.264 e. The summed E-state index contributed by atoms with van der Waals surface area (Å²) in [4.78, 5) is 4.29. The maximum atomic E-state index is 4.29. The fourth-order valence-electron chi connectivity index (χ4n) is 3.87. The Kier molecular flexibility index (Phi) is 4.72. The second-order valence-electron chi connectivity index (χ2n) is 7.97. The number of benzene rings is 2. The number of aromatic nitrogens is 2. The Morgan fingerprint density at radius 2 is 1.71 bits per heavy atom. The van der Waals surface area contributed by atoms with Gasteiger partial charge in [-0.05, 0) is 53.1 Å². The number of rotatable bonds is 3. The van der Waals surface area contributed by atoms with Crippen molar-refractivity contribution in [2.24, 2.45) is 7.05 Å². The lowest BCUT2D eigenvalue weighted by Crippen LogP contribution is -2.35. The Bertz CT molecular complexity index is 1160. The van der Waals surface area contributed by atoms with E-state index in [1.807, 2.05) is 18.5 Å². The first-order valence-electron chi connectivity index (χ1n) is 9.90. The van der Waals surface area contributed by atoms with Gasteiger partial charge in [-0.2, -0.15) is 4.57 Å². The normalized spacial score (nSPS) is 11.4. The molecule has 4 rings (SSSR count). The van der Waals surface area contributed by atoms with Crippen LogP contribution in [0.25, 0.3) is 33.2 Å². The van der Waals surface area contributed by atoms with Crippen LogP contribution in [0.4, 0.5) is 0 Å². The maximum Gasteiger partial charge on any atom is 0.220 e. The topological polar surface area (TPSA) is 16.8 Å². The fraction of sp³-hybridized carbons (Fsp3) is 0.231. The third kappa shape index (κ3) is 3.20. The van der Waals surface area contributed by atoms with Gasteiger partial charge < -0.3 is 0 Å². The number of pyridine rings is 2. The van der Waals surface area contributed by atoms with Crippen LogP contribution in [0.1, 0.15) is 36.6 Å². The first-order valence-corrected chi connectivity index (χ1v) is 9.90. The summed E-state index contributed by atoms with van der Waals surface area (Å²) in [5.41, 5.74) is 8.81. The van der Waals surface area contributed by atoms with Gasteiger partial charge in [0.1, 0.15) is 7.05 Å². The Morgan fingerprint density at radius 1 is 0.893 bits per heavy atom. The number of hydrogen-bond acceptors (Lipinski definition) is 1. The van der Waals surface area contributed by atoms with Crippen molar-refractivity contribution in [1.82, 2.24) is 4.98 Å². The van der Waals surface area contributed by atoms with Gasteiger partial charge in [0.15, 0.2) is 5.69 Å². The zero-order valence-electron chi connectivity index (χ0n) is 17.3. The third-order valence-corrected chi connectivity index (χ3v) is 5.71. The Morgan fingerprint density at radius 3 is 2.43 bits per heavy atom. The molecule has 0 aliphatic heterocycles. The molecule has 2 nitrogen and oxygen atoms in total. The molecule has 0 atom stereocenters. The van der Waals surface area contributed by atoms with E-state index in [4.69, 9.17) is 0 Å². The van der Waals surface area contributed by atoms with Crippen molar-refractivity contribution in [3.8, 4) is 22.4 Å². The lowest BCUT2D eigenvalue weighted by molar-refractivity contribution is -0.665. The lowest BCUT2D eigenvalue weighted by atomic mass is 9.93. The molecule has 2 heteroatoms. The van der Waals surface area contributed by atoms with Gasteiger partial charge in [-0.1, -0.05) is 44.2 Å². The van der Waals surface area contributed by atoms with Crippen molar-refractivity contribution in [1.29, 1.82) is 0 Å². The van der Waals surface area contributed by atoms with Crippen molar-refractivity contribution in [3.63, 3.8) is 0 Å². The Hall–Kier alpha value is -3.00. The van der Waals surface area contributed by atoms with Crippen molar-refractivity contribution in [3.05, 3.63) is 83.8 Å². The van der Waals surface area contributed by atoms with Crippen LogP contribution in [0.3, 0.4) is 0 Å². The molecule has 2 aromatic carbocycles. The monoisotopic (exact) mass is 367 g/mol. The highest BCUT2D eigenvalue weighted by Crippen LogP contribution is 2.33. The highest BCUT2D eigenvalue weighted by molar-refractivity contribution is 5.95. The number of aryl methyl sites for hydroxylation is 2. The summed E-state index contributed by atoms with van der Waals surface area (Å²) in [6, 6.07) is 20.0. The van der Waals surface area contributed by atoms with E-state index in [0.717, 1.165) is 5.56 Å². The molecule has 0 spiro atoms. The van der Waals surface area contributed by atoms with Gasteiger partial charge in [0.25, 0.3) is 0 Å². The van der Waals surface area contributed by atoms with Gasteiger partial charge in [-0.3, -0.25) is 4.98 Å². The van der Waals surface area contributed by atoms with Crippen LogP contribution < -0.4 is 4.57 Å². The quantitative estimate of drug-likeness (QED) is 0.398. The third-order valence-electron chi connectivity index (χ3n) is 5.71. The van der Waals surface area contributed by atoms with E-state index in [2.05, 4.69) is 92.8 Å². The SMILES string of the molecule is Cc1ccc(-c2cccnc2)cc1-c1c2ccc(C(C)C)cc2cc(C)[n+]1C. The van der Waals surface area contributed by atoms with Crippen LogP contribution in [0.15, 0.2) is 67.0 Å². The molecule has 4 aromatic rings. The molecular weight excluding hydrogens is 340 g/mol. The van der Waals surface area contributed by atoms with Crippen LogP contribution >= 0.6 is 0 Å². The highest BCUT2D eigenvalue weighted by atomic mass is 14.9. The molecule has 0 fully saturated rings. The van der Waals surface area contributed by atoms with E-state index in [0.29, 0.717) is 5.92 Å². The van der Waals surface area contributed by atoms with Gasteiger partial charge in [0, 0.05) is 30.9 Å². The largest absolute Gasteiger partial charge is 0.264 e. The summed E-state index contributed by atoms with van der Waals surface area (Å²) in [6.07, 6.45) is 3.75. The second kappa shape index (κ2) is 7.20. The zero-order chi connectivity index (χ0) is 19.8. The predicted molar refractivity (Wildman–Crippen MR) is 117 cm³/mol. The number of hydrogen-bond donors (Lipinski definition) is 0.